The van der Waals surface area contributed by atoms with Crippen LogP contribution in [0.3, 0.4) is 0 Å². The first-order chi connectivity index (χ1) is 27.3. The smallest absolute Gasteiger partial charge is 0.330 e. The summed E-state index contributed by atoms with van der Waals surface area (Å²) in [6, 6.07) is 24.9. The van der Waals surface area contributed by atoms with Gasteiger partial charge in [0.1, 0.15) is 42.1 Å². The molecule has 0 spiro atoms. The van der Waals surface area contributed by atoms with Gasteiger partial charge in [0.05, 0.1) is 26.9 Å². The van der Waals surface area contributed by atoms with Crippen molar-refractivity contribution in [2.24, 2.45) is 0 Å². The number of carbonyl (C=O) groups is 1. The second-order valence-electron chi connectivity index (χ2n) is 14.2. The molecule has 1 N–H and O–H groups in total. The zero-order valence-electron chi connectivity index (χ0n) is 33.7. The lowest BCUT2D eigenvalue weighted by Crippen LogP contribution is -2.48. The summed E-state index contributed by atoms with van der Waals surface area (Å²) >= 11 is 6.15. The van der Waals surface area contributed by atoms with Gasteiger partial charge in [-0.3, -0.25) is 19.1 Å². The lowest BCUT2D eigenvalue weighted by Gasteiger charge is -2.42. The number of benzene rings is 3. The second kappa shape index (κ2) is 20.1. The molecule has 308 valence electrons. The number of ether oxygens (including phenoxy) is 5. The van der Waals surface area contributed by atoms with Gasteiger partial charge in [-0.05, 0) is 75.6 Å². The molecule has 57 heavy (non-hydrogen) atoms. The molecule has 2 heterocycles. The van der Waals surface area contributed by atoms with Crippen LogP contribution in [0.1, 0.15) is 69.5 Å². The number of aromatic amines is 1. The van der Waals surface area contributed by atoms with Crippen molar-refractivity contribution in [1.29, 1.82) is 0 Å². The lowest BCUT2D eigenvalue weighted by molar-refractivity contribution is -0.172. The van der Waals surface area contributed by atoms with Gasteiger partial charge in [0.2, 0.25) is 0 Å². The van der Waals surface area contributed by atoms with Crippen molar-refractivity contribution in [3.05, 3.63) is 128 Å². The molecular weight excluding hydrogens is 773 g/mol. The number of rotatable bonds is 19. The molecule has 3 aromatic carbocycles. The van der Waals surface area contributed by atoms with Gasteiger partial charge in [-0.1, -0.05) is 54.6 Å². The average Bonchev–Trinajstić information content (AvgIpc) is 3.61. The van der Waals surface area contributed by atoms with Crippen molar-refractivity contribution in [2.45, 2.75) is 90.2 Å². The van der Waals surface area contributed by atoms with E-state index in [2.05, 4.69) is 37.3 Å². The summed E-state index contributed by atoms with van der Waals surface area (Å²) in [5.74, 6) is 1.01. The Bertz CT molecular complexity index is 1950. The van der Waals surface area contributed by atoms with Crippen molar-refractivity contribution in [1.82, 2.24) is 14.2 Å². The number of methoxy groups -OCH3 is 2. The summed E-state index contributed by atoms with van der Waals surface area (Å²) in [7, 11) is 1.46. The van der Waals surface area contributed by atoms with Crippen molar-refractivity contribution in [2.75, 3.05) is 33.3 Å². The molecule has 1 aliphatic heterocycles. The molecule has 5 rings (SSSR count). The van der Waals surface area contributed by atoms with E-state index in [0.717, 1.165) is 16.7 Å². The Hall–Kier alpha value is -4.07. The van der Waals surface area contributed by atoms with E-state index in [1.54, 1.807) is 21.1 Å². The molecule has 0 saturated carbocycles. The summed E-state index contributed by atoms with van der Waals surface area (Å²) in [6.45, 7) is 11.1. The van der Waals surface area contributed by atoms with E-state index in [1.807, 2.05) is 78.9 Å². The molecule has 1 aromatic heterocycles. The fourth-order valence-electron chi connectivity index (χ4n) is 7.07. The molecule has 1 aliphatic rings. The number of H-pyrrole nitrogens is 1. The van der Waals surface area contributed by atoms with Crippen LogP contribution in [0.5, 0.6) is 11.5 Å². The average molecular weight is 826 g/mol. The summed E-state index contributed by atoms with van der Waals surface area (Å²) in [4.78, 5) is 40.8. The third-order valence-electron chi connectivity index (χ3n) is 9.64. The molecule has 15 heteroatoms. The van der Waals surface area contributed by atoms with Gasteiger partial charge in [-0.15, -0.1) is 11.6 Å². The van der Waals surface area contributed by atoms with Gasteiger partial charge in [0, 0.05) is 43.1 Å². The third-order valence-corrected chi connectivity index (χ3v) is 12.0. The van der Waals surface area contributed by atoms with Crippen LogP contribution in [-0.4, -0.2) is 83.9 Å². The minimum atomic E-state index is -1.74. The molecule has 1 saturated heterocycles. The summed E-state index contributed by atoms with van der Waals surface area (Å²) in [5.41, 5.74) is 0.0940. The van der Waals surface area contributed by atoms with Crippen LogP contribution in [0.2, 0.25) is 0 Å². The quantitative estimate of drug-likeness (QED) is 0.0449. The molecule has 0 radical (unpaired) electrons. The predicted octanol–water partition coefficient (Wildman–Crippen LogP) is 7.08. The fraction of sp³-hybridized carbons (Fsp3) is 0.452. The van der Waals surface area contributed by atoms with Crippen molar-refractivity contribution in [3.8, 4) is 11.5 Å². The number of alkyl halides is 1. The van der Waals surface area contributed by atoms with E-state index in [-0.39, 0.29) is 37.6 Å². The normalized spacial score (nSPS) is 18.2. The Morgan fingerprint density at radius 2 is 1.49 bits per heavy atom. The van der Waals surface area contributed by atoms with Crippen LogP contribution in [0.4, 0.5) is 0 Å². The van der Waals surface area contributed by atoms with Crippen molar-refractivity contribution < 1.29 is 37.5 Å². The zero-order chi connectivity index (χ0) is 41.3. The first-order valence-electron chi connectivity index (χ1n) is 18.9. The van der Waals surface area contributed by atoms with Crippen LogP contribution >= 0.6 is 20.1 Å². The highest BCUT2D eigenvalue weighted by Gasteiger charge is 2.50. The maximum Gasteiger partial charge on any atom is 0.330 e. The van der Waals surface area contributed by atoms with Gasteiger partial charge >= 0.3 is 11.7 Å². The first kappa shape index (κ1) is 44.0. The minimum absolute atomic E-state index is 0.0245. The number of aryl methyl sites for hydroxylation is 1. The lowest BCUT2D eigenvalue weighted by atomic mass is 9.79. The minimum Gasteiger partial charge on any atom is -0.497 e. The van der Waals surface area contributed by atoms with Gasteiger partial charge < -0.3 is 32.7 Å². The molecule has 0 bridgehead atoms. The molecule has 5 atom stereocenters. The Labute approximate surface area is 340 Å². The number of aromatic nitrogens is 2. The Kier molecular flexibility index (Phi) is 15.5. The van der Waals surface area contributed by atoms with E-state index < -0.39 is 55.9 Å². The topological polar surface area (TPSA) is 140 Å². The molecule has 0 aliphatic carbocycles. The predicted molar refractivity (Wildman–Crippen MR) is 219 cm³/mol. The van der Waals surface area contributed by atoms with Crippen LogP contribution in [0, 0.1) is 6.92 Å². The van der Waals surface area contributed by atoms with Gasteiger partial charge in [0.15, 0.2) is 0 Å². The number of hydrogen-bond acceptors (Lipinski definition) is 11. The van der Waals surface area contributed by atoms with Crippen LogP contribution < -0.4 is 20.7 Å². The number of carbonyl (C=O) groups excluding carboxylic acids is 1. The highest BCUT2D eigenvalue weighted by Crippen LogP contribution is 2.51. The number of nitrogens with one attached hydrogen (secondary N) is 1. The first-order valence-corrected chi connectivity index (χ1v) is 20.6. The zero-order valence-corrected chi connectivity index (χ0v) is 35.3. The van der Waals surface area contributed by atoms with Crippen LogP contribution in [0.15, 0.2) is 94.6 Å². The van der Waals surface area contributed by atoms with E-state index in [1.165, 1.54) is 17.7 Å². The van der Waals surface area contributed by atoms with Gasteiger partial charge in [-0.25, -0.2) is 9.46 Å². The van der Waals surface area contributed by atoms with Gasteiger partial charge in [0.25, 0.3) is 14.1 Å². The molecule has 1 fully saturated rings. The summed E-state index contributed by atoms with van der Waals surface area (Å²) < 4.78 is 48.0. The fourth-order valence-corrected chi connectivity index (χ4v) is 9.00. The maximum atomic E-state index is 13.3. The number of hydrogen-bond donors (Lipinski definition) is 1. The second-order valence-corrected chi connectivity index (χ2v) is 16.0. The Morgan fingerprint density at radius 3 is 2.00 bits per heavy atom. The van der Waals surface area contributed by atoms with Crippen LogP contribution in [-0.2, 0) is 33.7 Å². The highest BCUT2D eigenvalue weighted by atomic mass is 35.5. The maximum absolute atomic E-state index is 13.3. The Balaban J connectivity index is 1.73. The Morgan fingerprint density at radius 1 is 0.930 bits per heavy atom. The number of esters is 1. The summed E-state index contributed by atoms with van der Waals surface area (Å²) in [5, 5.41) is 0. The third kappa shape index (κ3) is 10.3. The number of halogens is 1. The summed E-state index contributed by atoms with van der Waals surface area (Å²) in [6.07, 6.45) is -2.04. The largest absolute Gasteiger partial charge is 0.497 e. The molecule has 4 aromatic rings. The van der Waals surface area contributed by atoms with Crippen molar-refractivity contribution >= 4 is 26.1 Å². The van der Waals surface area contributed by atoms with Crippen LogP contribution in [0.25, 0.3) is 0 Å². The van der Waals surface area contributed by atoms with E-state index in [4.69, 9.17) is 44.3 Å². The number of nitrogens with zero attached hydrogens (tertiary/aromatic N) is 2. The highest BCUT2D eigenvalue weighted by molar-refractivity contribution is 7.44. The van der Waals surface area contributed by atoms with E-state index >= 15 is 0 Å². The SMILES string of the molecule is COc1ccc(C(O[C@@H](COC(C)=O)[C@H]2O[C@@H](n3cc(C)c(=O)[nH]c3=O)C[C@@H]2OP(OCCCl)N(C(C)C)C(C)C)(c2ccccc2)c2ccc(OC)cc2)cc1. The molecule has 13 nitrogen and oxygen atoms in total. The standard InChI is InChI=1S/C42H53ClN3O10P/c1-27(2)46(28(3)4)57(53-23-22-43)56-36-24-38(45-25-29(5)40(48)44-41(45)49)54-39(36)37(26-52-30(6)47)55-42(31-12-10-9-11-13-31,32-14-18-34(50-7)19-15-32)33-16-20-35(51-8)21-17-33/h9-21,25,27-28,36-39H,22-24,26H2,1-8H3,(H,44,48,49)/t36-,37-,38+,39-,57?/m0/s1. The van der Waals surface area contributed by atoms with E-state index in [0.29, 0.717) is 17.1 Å². The molecular formula is C42H53ClN3O10P. The van der Waals surface area contributed by atoms with Gasteiger partial charge in [-0.2, -0.15) is 0 Å². The monoisotopic (exact) mass is 825 g/mol. The van der Waals surface area contributed by atoms with E-state index in [9.17, 15) is 14.4 Å². The molecule has 0 amide bonds. The van der Waals surface area contributed by atoms with Crippen molar-refractivity contribution in [3.63, 3.8) is 0 Å². The molecule has 1 unspecified atom stereocenters.